The highest BCUT2D eigenvalue weighted by atomic mass is 32.1. The molecule has 1 aliphatic heterocycles. The molecular formula is C25H22FN3O3S. The number of hydrogen-bond donors (Lipinski definition) is 0. The second-order valence-corrected chi connectivity index (χ2v) is 8.81. The van der Waals surface area contributed by atoms with Crippen LogP contribution in [0.15, 0.2) is 47.3 Å². The van der Waals surface area contributed by atoms with Gasteiger partial charge in [0.1, 0.15) is 16.5 Å². The molecule has 0 saturated carbocycles. The van der Waals surface area contributed by atoms with E-state index in [1.54, 1.807) is 11.0 Å². The van der Waals surface area contributed by atoms with E-state index >= 15 is 0 Å². The highest BCUT2D eigenvalue weighted by Gasteiger charge is 2.24. The molecule has 6 nitrogen and oxygen atoms in total. The average molecular weight is 464 g/mol. The quantitative estimate of drug-likeness (QED) is 0.596. The van der Waals surface area contributed by atoms with Gasteiger partial charge in [-0.15, -0.1) is 11.3 Å². The van der Waals surface area contributed by atoms with Crippen molar-refractivity contribution in [3.63, 3.8) is 0 Å². The number of nitriles is 1. The van der Waals surface area contributed by atoms with E-state index < -0.39 is 11.7 Å². The largest absolute Gasteiger partial charge is 0.378 e. The van der Waals surface area contributed by atoms with Gasteiger partial charge in [0.15, 0.2) is 5.57 Å². The molecule has 0 bridgehead atoms. The molecule has 0 radical (unpaired) electrons. The van der Waals surface area contributed by atoms with Crippen molar-refractivity contribution in [2.75, 3.05) is 26.3 Å². The zero-order valence-corrected chi connectivity index (χ0v) is 19.1. The van der Waals surface area contributed by atoms with Crippen LogP contribution in [-0.4, -0.2) is 41.7 Å². The third kappa shape index (κ3) is 4.65. The van der Waals surface area contributed by atoms with E-state index in [0.717, 1.165) is 28.0 Å². The lowest BCUT2D eigenvalue weighted by Gasteiger charge is -2.26. The number of benzene rings is 2. The Morgan fingerprint density at radius 3 is 2.48 bits per heavy atom. The molecule has 0 aliphatic carbocycles. The Labute approximate surface area is 194 Å². The van der Waals surface area contributed by atoms with Crippen molar-refractivity contribution in [2.45, 2.75) is 13.8 Å². The molecule has 8 heteroatoms. The molecule has 33 heavy (non-hydrogen) atoms. The number of thiazole rings is 1. The van der Waals surface area contributed by atoms with Gasteiger partial charge in [0.05, 0.1) is 23.4 Å². The highest BCUT2D eigenvalue weighted by Crippen LogP contribution is 2.12. The van der Waals surface area contributed by atoms with Gasteiger partial charge in [-0.25, -0.2) is 4.39 Å². The third-order valence-corrected chi connectivity index (χ3v) is 6.55. The van der Waals surface area contributed by atoms with Gasteiger partial charge in [0.25, 0.3) is 11.5 Å². The highest BCUT2D eigenvalue weighted by molar-refractivity contribution is 7.07. The molecule has 4 rings (SSSR count). The van der Waals surface area contributed by atoms with E-state index in [1.807, 2.05) is 38.1 Å². The third-order valence-electron chi connectivity index (χ3n) is 5.46. The predicted octanol–water partition coefficient (Wildman–Crippen LogP) is 2.02. The summed E-state index contributed by atoms with van der Waals surface area (Å²) in [6.45, 7) is 5.49. The van der Waals surface area contributed by atoms with Crippen LogP contribution in [0.3, 0.4) is 0 Å². The summed E-state index contributed by atoms with van der Waals surface area (Å²) in [5.41, 5.74) is 2.88. The molecule has 2 aromatic carbocycles. The summed E-state index contributed by atoms with van der Waals surface area (Å²) < 4.78 is 20.8. The first kappa shape index (κ1) is 22.6. The van der Waals surface area contributed by atoms with E-state index in [4.69, 9.17) is 4.74 Å². The molecular weight excluding hydrogens is 441 g/mol. The number of aromatic nitrogens is 1. The normalized spacial score (nSPS) is 15.3. The van der Waals surface area contributed by atoms with Crippen LogP contribution in [0.5, 0.6) is 0 Å². The summed E-state index contributed by atoms with van der Waals surface area (Å²) in [5, 5.41) is 9.92. The summed E-state index contributed by atoms with van der Waals surface area (Å²) in [5.74, 6) is -0.893. The molecule has 0 unspecified atom stereocenters. The number of aryl methyl sites for hydroxylation is 2. The number of carbonyl (C=O) groups excluding carboxylic acids is 1. The molecule has 2 heterocycles. The van der Waals surface area contributed by atoms with Gasteiger partial charge < -0.3 is 9.64 Å². The van der Waals surface area contributed by atoms with Crippen molar-refractivity contribution >= 4 is 28.9 Å². The Balaban J connectivity index is 2.00. The maximum Gasteiger partial charge on any atom is 0.273 e. The Kier molecular flexibility index (Phi) is 6.54. The lowest BCUT2D eigenvalue weighted by molar-refractivity contribution is -0.128. The summed E-state index contributed by atoms with van der Waals surface area (Å²) in [4.78, 5) is 28.2. The fourth-order valence-electron chi connectivity index (χ4n) is 3.72. The summed E-state index contributed by atoms with van der Waals surface area (Å²) in [7, 11) is 0. The minimum Gasteiger partial charge on any atom is -0.378 e. The number of amides is 1. The second kappa shape index (κ2) is 9.53. The Hall–Kier alpha value is -3.54. The van der Waals surface area contributed by atoms with Gasteiger partial charge in [-0.1, -0.05) is 23.8 Å². The van der Waals surface area contributed by atoms with E-state index in [2.05, 4.69) is 0 Å². The molecule has 0 N–H and O–H groups in total. The SMILES string of the molecule is Cc1ccc(/C=c2\s/c(=C(/C#N)C(=O)N3CCOCC3)n(-c3ccc(F)cc3)c2=O)c(C)c1. The first-order chi connectivity index (χ1) is 15.9. The minimum absolute atomic E-state index is 0.122. The summed E-state index contributed by atoms with van der Waals surface area (Å²) >= 11 is 1.08. The van der Waals surface area contributed by atoms with Crippen LogP contribution in [0.2, 0.25) is 0 Å². The van der Waals surface area contributed by atoms with Gasteiger partial charge >= 0.3 is 0 Å². The summed E-state index contributed by atoms with van der Waals surface area (Å²) in [6, 6.07) is 13.3. The zero-order chi connectivity index (χ0) is 23.5. The van der Waals surface area contributed by atoms with E-state index in [1.165, 1.54) is 28.8 Å². The zero-order valence-electron chi connectivity index (χ0n) is 18.3. The van der Waals surface area contributed by atoms with Crippen LogP contribution in [0, 0.1) is 31.0 Å². The fourth-order valence-corrected chi connectivity index (χ4v) is 4.80. The van der Waals surface area contributed by atoms with Crippen LogP contribution in [0.4, 0.5) is 4.39 Å². The molecule has 1 fully saturated rings. The molecule has 1 aromatic heterocycles. The number of halogens is 1. The smallest absolute Gasteiger partial charge is 0.273 e. The van der Waals surface area contributed by atoms with Crippen molar-refractivity contribution in [1.29, 1.82) is 5.26 Å². The standard InChI is InChI=1S/C25H22FN3O3S/c1-16-3-4-18(17(2)13-16)14-22-24(31)29(20-7-5-19(26)6-8-20)25(33-22)21(15-27)23(30)28-9-11-32-12-10-28/h3-8,13-14H,9-12H2,1-2H3/b22-14-,25-21-. The van der Waals surface area contributed by atoms with Crippen LogP contribution in [0.1, 0.15) is 16.7 Å². The van der Waals surface area contributed by atoms with Crippen molar-refractivity contribution in [1.82, 2.24) is 9.47 Å². The predicted molar refractivity (Wildman–Crippen MR) is 125 cm³/mol. The van der Waals surface area contributed by atoms with Crippen LogP contribution >= 0.6 is 11.3 Å². The first-order valence-electron chi connectivity index (χ1n) is 10.5. The first-order valence-corrected chi connectivity index (χ1v) is 11.3. The second-order valence-electron chi connectivity index (χ2n) is 7.78. The van der Waals surface area contributed by atoms with Gasteiger partial charge in [-0.2, -0.15) is 5.26 Å². The molecule has 1 aliphatic rings. The lowest BCUT2D eigenvalue weighted by atomic mass is 10.1. The minimum atomic E-state index is -0.448. The van der Waals surface area contributed by atoms with Gasteiger partial charge in [-0.05, 0) is 55.3 Å². The van der Waals surface area contributed by atoms with Gasteiger partial charge in [0, 0.05) is 13.1 Å². The van der Waals surface area contributed by atoms with Gasteiger partial charge in [-0.3, -0.25) is 14.2 Å². The number of rotatable bonds is 3. The number of hydrogen-bond acceptors (Lipinski definition) is 5. The maximum atomic E-state index is 13.5. The fraction of sp³-hybridized carbons (Fsp3) is 0.240. The molecule has 0 spiro atoms. The summed E-state index contributed by atoms with van der Waals surface area (Å²) in [6.07, 6.45) is 1.76. The molecule has 0 atom stereocenters. The van der Waals surface area contributed by atoms with Crippen molar-refractivity contribution in [3.8, 4) is 11.8 Å². The van der Waals surface area contributed by atoms with Crippen molar-refractivity contribution in [3.05, 3.63) is 84.5 Å². The Morgan fingerprint density at radius 1 is 1.15 bits per heavy atom. The molecule has 168 valence electrons. The van der Waals surface area contributed by atoms with Gasteiger partial charge in [0.2, 0.25) is 0 Å². The molecule has 1 amide bonds. The molecule has 1 saturated heterocycles. The van der Waals surface area contributed by atoms with E-state index in [0.29, 0.717) is 36.5 Å². The van der Waals surface area contributed by atoms with E-state index in [-0.39, 0.29) is 15.8 Å². The maximum absolute atomic E-state index is 13.5. The van der Waals surface area contributed by atoms with E-state index in [9.17, 15) is 19.2 Å². The topological polar surface area (TPSA) is 75.3 Å². The number of carbonyl (C=O) groups is 1. The van der Waals surface area contributed by atoms with Crippen molar-refractivity contribution in [2.24, 2.45) is 0 Å². The molecule has 3 aromatic rings. The Morgan fingerprint density at radius 2 is 1.85 bits per heavy atom. The van der Waals surface area contributed by atoms with Crippen molar-refractivity contribution < 1.29 is 13.9 Å². The number of morpholine rings is 1. The lowest BCUT2D eigenvalue weighted by Crippen LogP contribution is -2.42. The number of nitrogens with zero attached hydrogens (tertiary/aromatic N) is 3. The average Bonchev–Trinajstić information content (AvgIpc) is 3.13. The van der Waals surface area contributed by atoms with Crippen LogP contribution < -0.4 is 14.8 Å². The number of ether oxygens (including phenoxy) is 1. The Bertz CT molecular complexity index is 1430. The van der Waals surface area contributed by atoms with Crippen LogP contribution in [-0.2, 0) is 9.53 Å². The van der Waals surface area contributed by atoms with Crippen LogP contribution in [0.25, 0.3) is 17.3 Å². The monoisotopic (exact) mass is 463 g/mol.